The number of anilines is 1. The molecule has 1 amide bonds. The summed E-state index contributed by atoms with van der Waals surface area (Å²) < 4.78 is 0. The molecule has 0 aliphatic carbocycles. The van der Waals surface area contributed by atoms with E-state index in [1.54, 1.807) is 19.9 Å². The lowest BCUT2D eigenvalue weighted by Crippen LogP contribution is -2.38. The minimum atomic E-state index is -0.584. The molecule has 0 fully saturated rings. The molecular formula is C12H18N4O3. The van der Waals surface area contributed by atoms with Gasteiger partial charge in [0.05, 0.1) is 4.92 Å². The van der Waals surface area contributed by atoms with E-state index in [9.17, 15) is 14.9 Å². The lowest BCUT2D eigenvalue weighted by molar-refractivity contribution is -0.384. The second kappa shape index (κ2) is 6.67. The zero-order valence-corrected chi connectivity index (χ0v) is 11.3. The van der Waals surface area contributed by atoms with E-state index in [1.165, 1.54) is 6.07 Å². The molecule has 0 radical (unpaired) electrons. The Morgan fingerprint density at radius 3 is 2.79 bits per heavy atom. The monoisotopic (exact) mass is 266 g/mol. The molecule has 1 aromatic rings. The molecule has 1 atom stereocenters. The number of aryl methyl sites for hydroxylation is 1. The van der Waals surface area contributed by atoms with Crippen LogP contribution in [-0.2, 0) is 4.79 Å². The van der Waals surface area contributed by atoms with Gasteiger partial charge in [0.1, 0.15) is 6.04 Å². The summed E-state index contributed by atoms with van der Waals surface area (Å²) in [4.78, 5) is 26.1. The van der Waals surface area contributed by atoms with Gasteiger partial charge in [-0.1, -0.05) is 6.92 Å². The molecule has 2 N–H and O–H groups in total. The molecule has 0 bridgehead atoms. The summed E-state index contributed by atoms with van der Waals surface area (Å²) >= 11 is 0. The van der Waals surface area contributed by atoms with Gasteiger partial charge in [-0.25, -0.2) is 4.98 Å². The number of nitrogens with zero attached hydrogens (tertiary/aromatic N) is 2. The number of carbonyl (C=O) groups excluding carboxylic acids is 1. The maximum atomic E-state index is 11.7. The van der Waals surface area contributed by atoms with Crippen LogP contribution in [0, 0.1) is 17.0 Å². The fourth-order valence-electron chi connectivity index (χ4n) is 1.47. The maximum Gasteiger partial charge on any atom is 0.311 e. The Balaban J connectivity index is 2.83. The Labute approximate surface area is 111 Å². The van der Waals surface area contributed by atoms with E-state index in [0.717, 1.165) is 6.42 Å². The van der Waals surface area contributed by atoms with Crippen molar-refractivity contribution in [3.05, 3.63) is 27.9 Å². The van der Waals surface area contributed by atoms with Crippen LogP contribution in [0.15, 0.2) is 12.1 Å². The lowest BCUT2D eigenvalue weighted by Gasteiger charge is -2.14. The van der Waals surface area contributed by atoms with Crippen LogP contribution in [0.2, 0.25) is 0 Å². The van der Waals surface area contributed by atoms with Crippen molar-refractivity contribution in [2.24, 2.45) is 0 Å². The molecule has 7 heteroatoms. The molecule has 1 rings (SSSR count). The number of carbonyl (C=O) groups is 1. The van der Waals surface area contributed by atoms with Gasteiger partial charge in [-0.05, 0) is 26.3 Å². The second-order valence-electron chi connectivity index (χ2n) is 4.23. The summed E-state index contributed by atoms with van der Waals surface area (Å²) in [5.74, 6) is -0.0939. The largest absolute Gasteiger partial charge is 0.354 e. The van der Waals surface area contributed by atoms with Gasteiger partial charge in [-0.2, -0.15) is 0 Å². The number of amides is 1. The van der Waals surface area contributed by atoms with E-state index in [2.05, 4.69) is 15.6 Å². The van der Waals surface area contributed by atoms with Crippen LogP contribution in [0.25, 0.3) is 0 Å². The van der Waals surface area contributed by atoms with Gasteiger partial charge in [0.15, 0.2) is 0 Å². The lowest BCUT2D eigenvalue weighted by atomic mass is 10.2. The SMILES string of the molecule is CCCNC(=O)C(C)Nc1nc(C)ccc1[N+](=O)[O-]. The average Bonchev–Trinajstić information content (AvgIpc) is 2.35. The maximum absolute atomic E-state index is 11.7. The van der Waals surface area contributed by atoms with Gasteiger partial charge in [0, 0.05) is 18.3 Å². The highest BCUT2D eigenvalue weighted by Gasteiger charge is 2.20. The standard InChI is InChI=1S/C12H18N4O3/c1-4-7-13-12(17)9(3)15-11-10(16(18)19)6-5-8(2)14-11/h5-6,9H,4,7H2,1-3H3,(H,13,17)(H,14,15). The molecule has 0 spiro atoms. The molecule has 0 aliphatic heterocycles. The van der Waals surface area contributed by atoms with E-state index < -0.39 is 11.0 Å². The van der Waals surface area contributed by atoms with Crippen LogP contribution in [0.1, 0.15) is 26.0 Å². The molecule has 19 heavy (non-hydrogen) atoms. The fourth-order valence-corrected chi connectivity index (χ4v) is 1.47. The highest BCUT2D eigenvalue weighted by molar-refractivity contribution is 5.84. The highest BCUT2D eigenvalue weighted by Crippen LogP contribution is 2.22. The number of nitro groups is 1. The molecule has 7 nitrogen and oxygen atoms in total. The van der Waals surface area contributed by atoms with E-state index in [1.807, 2.05) is 6.92 Å². The zero-order chi connectivity index (χ0) is 14.4. The van der Waals surface area contributed by atoms with Crippen LogP contribution >= 0.6 is 0 Å². The highest BCUT2D eigenvalue weighted by atomic mass is 16.6. The third kappa shape index (κ3) is 4.20. The molecule has 1 aromatic heterocycles. The predicted molar refractivity (Wildman–Crippen MR) is 72.0 cm³/mol. The Morgan fingerprint density at radius 1 is 1.53 bits per heavy atom. The smallest absolute Gasteiger partial charge is 0.311 e. The molecule has 1 heterocycles. The predicted octanol–water partition coefficient (Wildman–Crippen LogP) is 1.62. The number of nitrogens with one attached hydrogen (secondary N) is 2. The van der Waals surface area contributed by atoms with Crippen molar-refractivity contribution in [2.45, 2.75) is 33.2 Å². The van der Waals surface area contributed by atoms with Gasteiger partial charge in [0.25, 0.3) is 0 Å². The summed E-state index contributed by atoms with van der Waals surface area (Å²) in [7, 11) is 0. The third-order valence-corrected chi connectivity index (χ3v) is 2.51. The number of aromatic nitrogens is 1. The summed E-state index contributed by atoms with van der Waals surface area (Å²) in [6, 6.07) is 2.35. The molecule has 0 saturated heterocycles. The van der Waals surface area contributed by atoms with E-state index in [-0.39, 0.29) is 17.4 Å². The Hall–Kier alpha value is -2.18. The molecule has 0 aromatic carbocycles. The summed E-state index contributed by atoms with van der Waals surface area (Å²) in [5.41, 5.74) is 0.509. The Bertz CT molecular complexity index is 476. The first-order valence-electron chi connectivity index (χ1n) is 6.12. The second-order valence-corrected chi connectivity index (χ2v) is 4.23. The number of hydrogen-bond donors (Lipinski definition) is 2. The van der Waals surface area contributed by atoms with E-state index in [4.69, 9.17) is 0 Å². The first-order valence-corrected chi connectivity index (χ1v) is 6.12. The van der Waals surface area contributed by atoms with Gasteiger partial charge >= 0.3 is 5.69 Å². The summed E-state index contributed by atoms with van der Waals surface area (Å²) in [6.07, 6.45) is 0.835. The van der Waals surface area contributed by atoms with Crippen LogP contribution < -0.4 is 10.6 Å². The first-order chi connectivity index (χ1) is 8.95. The Kier molecular flexibility index (Phi) is 5.23. The van der Waals surface area contributed by atoms with Gasteiger partial charge in [0.2, 0.25) is 11.7 Å². The molecule has 0 saturated carbocycles. The van der Waals surface area contributed by atoms with Crippen LogP contribution in [0.5, 0.6) is 0 Å². The molecule has 1 unspecified atom stereocenters. The van der Waals surface area contributed by atoms with Gasteiger partial charge < -0.3 is 10.6 Å². The van der Waals surface area contributed by atoms with Crippen molar-refractivity contribution >= 4 is 17.4 Å². The van der Waals surface area contributed by atoms with E-state index >= 15 is 0 Å². The normalized spacial score (nSPS) is 11.7. The van der Waals surface area contributed by atoms with Gasteiger partial charge in [-0.15, -0.1) is 0 Å². The van der Waals surface area contributed by atoms with Crippen molar-refractivity contribution in [3.63, 3.8) is 0 Å². The summed E-state index contributed by atoms with van der Waals surface area (Å²) in [5, 5.41) is 16.4. The zero-order valence-electron chi connectivity index (χ0n) is 11.3. The van der Waals surface area contributed by atoms with Crippen LogP contribution in [0.3, 0.4) is 0 Å². The first kappa shape index (κ1) is 14.9. The third-order valence-electron chi connectivity index (χ3n) is 2.51. The van der Waals surface area contributed by atoms with Crippen molar-refractivity contribution in [1.82, 2.24) is 10.3 Å². The minimum absolute atomic E-state index is 0.115. The topological polar surface area (TPSA) is 97.2 Å². The van der Waals surface area contributed by atoms with Crippen molar-refractivity contribution < 1.29 is 9.72 Å². The van der Waals surface area contributed by atoms with Gasteiger partial charge in [-0.3, -0.25) is 14.9 Å². The van der Waals surface area contributed by atoms with Crippen molar-refractivity contribution in [1.29, 1.82) is 0 Å². The summed E-state index contributed by atoms with van der Waals surface area (Å²) in [6.45, 7) is 5.90. The Morgan fingerprint density at radius 2 is 2.21 bits per heavy atom. The van der Waals surface area contributed by atoms with Crippen molar-refractivity contribution in [2.75, 3.05) is 11.9 Å². The quantitative estimate of drug-likeness (QED) is 0.602. The van der Waals surface area contributed by atoms with E-state index in [0.29, 0.717) is 12.2 Å². The fraction of sp³-hybridized carbons (Fsp3) is 0.500. The van der Waals surface area contributed by atoms with Crippen molar-refractivity contribution in [3.8, 4) is 0 Å². The van der Waals surface area contributed by atoms with Crippen LogP contribution in [0.4, 0.5) is 11.5 Å². The van der Waals surface area contributed by atoms with Crippen LogP contribution in [-0.4, -0.2) is 28.4 Å². The molecular weight excluding hydrogens is 248 g/mol. The average molecular weight is 266 g/mol. The number of rotatable bonds is 6. The number of hydrogen-bond acceptors (Lipinski definition) is 5. The molecule has 104 valence electrons. The minimum Gasteiger partial charge on any atom is -0.354 e. The molecule has 0 aliphatic rings. The number of pyridine rings is 1.